The molecule has 1 N–H and O–H groups in total. The predicted molar refractivity (Wildman–Crippen MR) is 69.5 cm³/mol. The highest BCUT2D eigenvalue weighted by atomic mass is 15.0. The van der Waals surface area contributed by atoms with Gasteiger partial charge in [0.25, 0.3) is 0 Å². The number of nitrogens with one attached hydrogen (secondary N) is 1. The molecular weight excluding hydrogens is 194 g/mol. The van der Waals surface area contributed by atoms with Gasteiger partial charge in [0, 0.05) is 12.1 Å². The Morgan fingerprint density at radius 3 is 2.75 bits per heavy atom. The third kappa shape index (κ3) is 3.08. The topological polar surface area (TPSA) is 12.0 Å². The maximum absolute atomic E-state index is 3.80. The third-order valence-electron chi connectivity index (χ3n) is 3.59. The molecule has 88 valence electrons. The lowest BCUT2D eigenvalue weighted by Gasteiger charge is -2.31. The zero-order chi connectivity index (χ0) is 11.2. The van der Waals surface area contributed by atoms with Crippen molar-refractivity contribution < 1.29 is 0 Å². The first-order valence-electron chi connectivity index (χ1n) is 6.71. The van der Waals surface area contributed by atoms with Crippen LogP contribution in [0, 0.1) is 0 Å². The van der Waals surface area contributed by atoms with Gasteiger partial charge < -0.3 is 5.32 Å². The fourth-order valence-electron chi connectivity index (χ4n) is 2.65. The summed E-state index contributed by atoms with van der Waals surface area (Å²) in [5.74, 6) is 0. The van der Waals surface area contributed by atoms with Gasteiger partial charge >= 0.3 is 0 Å². The monoisotopic (exact) mass is 217 g/mol. The molecule has 0 bridgehead atoms. The number of benzene rings is 1. The average molecular weight is 217 g/mol. The first-order valence-corrected chi connectivity index (χ1v) is 6.71. The summed E-state index contributed by atoms with van der Waals surface area (Å²) in [5.41, 5.74) is 1.46. The molecule has 0 spiro atoms. The van der Waals surface area contributed by atoms with Crippen LogP contribution in [-0.4, -0.2) is 6.04 Å². The molecule has 0 unspecified atom stereocenters. The van der Waals surface area contributed by atoms with Gasteiger partial charge in [-0.2, -0.15) is 0 Å². The van der Waals surface area contributed by atoms with Crippen LogP contribution >= 0.6 is 0 Å². The van der Waals surface area contributed by atoms with Crippen molar-refractivity contribution in [2.75, 3.05) is 0 Å². The molecule has 0 aliphatic carbocycles. The molecule has 1 aromatic carbocycles. The molecule has 1 aliphatic heterocycles. The number of unbranched alkanes of at least 4 members (excludes halogenated alkanes) is 1. The SMILES string of the molecule is CCCC[C@H]1CCC[C@@H](c2ccccc2)N1. The normalized spacial score (nSPS) is 25.6. The Balaban J connectivity index is 1.91. The van der Waals surface area contributed by atoms with Crippen LogP contribution in [0.3, 0.4) is 0 Å². The minimum atomic E-state index is 0.594. The van der Waals surface area contributed by atoms with Crippen molar-refractivity contribution in [1.82, 2.24) is 5.32 Å². The Morgan fingerprint density at radius 1 is 1.19 bits per heavy atom. The van der Waals surface area contributed by atoms with E-state index in [2.05, 4.69) is 42.6 Å². The lowest BCUT2D eigenvalue weighted by molar-refractivity contribution is 0.307. The van der Waals surface area contributed by atoms with Gasteiger partial charge in [-0.25, -0.2) is 0 Å². The Bertz CT molecular complexity index is 294. The molecular formula is C15H23N. The second-order valence-electron chi connectivity index (χ2n) is 4.90. The quantitative estimate of drug-likeness (QED) is 0.802. The molecule has 1 aromatic rings. The fraction of sp³-hybridized carbons (Fsp3) is 0.600. The van der Waals surface area contributed by atoms with Crippen molar-refractivity contribution in [2.45, 2.75) is 57.5 Å². The minimum Gasteiger partial charge on any atom is -0.307 e. The largest absolute Gasteiger partial charge is 0.307 e. The zero-order valence-electron chi connectivity index (χ0n) is 10.3. The Labute approximate surface area is 99.3 Å². The zero-order valence-corrected chi connectivity index (χ0v) is 10.3. The molecule has 0 amide bonds. The predicted octanol–water partition coefficient (Wildman–Crippen LogP) is 4.06. The highest BCUT2D eigenvalue weighted by Crippen LogP contribution is 2.26. The van der Waals surface area contributed by atoms with Crippen molar-refractivity contribution >= 4 is 0 Å². The third-order valence-corrected chi connectivity index (χ3v) is 3.59. The number of piperidine rings is 1. The van der Waals surface area contributed by atoms with Crippen LogP contribution in [-0.2, 0) is 0 Å². The van der Waals surface area contributed by atoms with Gasteiger partial charge in [0.05, 0.1) is 0 Å². The fourth-order valence-corrected chi connectivity index (χ4v) is 2.65. The molecule has 1 fully saturated rings. The van der Waals surface area contributed by atoms with Crippen molar-refractivity contribution in [1.29, 1.82) is 0 Å². The van der Waals surface area contributed by atoms with Gasteiger partial charge in [0.15, 0.2) is 0 Å². The van der Waals surface area contributed by atoms with Crippen molar-refractivity contribution in [3.63, 3.8) is 0 Å². The number of hydrogen-bond donors (Lipinski definition) is 1. The number of rotatable bonds is 4. The van der Waals surface area contributed by atoms with Crippen LogP contribution in [0.5, 0.6) is 0 Å². The molecule has 1 saturated heterocycles. The van der Waals surface area contributed by atoms with Gasteiger partial charge in [0.1, 0.15) is 0 Å². The maximum Gasteiger partial charge on any atom is 0.0322 e. The minimum absolute atomic E-state index is 0.594. The van der Waals surface area contributed by atoms with Crippen molar-refractivity contribution in [3.8, 4) is 0 Å². The first-order chi connectivity index (χ1) is 7.90. The summed E-state index contributed by atoms with van der Waals surface area (Å²) in [6, 6.07) is 12.2. The smallest absolute Gasteiger partial charge is 0.0322 e. The van der Waals surface area contributed by atoms with E-state index in [0.29, 0.717) is 6.04 Å². The van der Waals surface area contributed by atoms with Crippen LogP contribution < -0.4 is 5.32 Å². The van der Waals surface area contributed by atoms with Crippen molar-refractivity contribution in [3.05, 3.63) is 35.9 Å². The van der Waals surface area contributed by atoms with E-state index in [4.69, 9.17) is 0 Å². The van der Waals surface area contributed by atoms with E-state index < -0.39 is 0 Å². The van der Waals surface area contributed by atoms with E-state index in [0.717, 1.165) is 6.04 Å². The molecule has 1 nitrogen and oxygen atoms in total. The summed E-state index contributed by atoms with van der Waals surface area (Å²) in [5, 5.41) is 3.80. The highest BCUT2D eigenvalue weighted by molar-refractivity contribution is 5.19. The van der Waals surface area contributed by atoms with E-state index in [-0.39, 0.29) is 0 Å². The molecule has 16 heavy (non-hydrogen) atoms. The maximum atomic E-state index is 3.80. The first kappa shape index (κ1) is 11.7. The molecule has 1 heteroatoms. The lowest BCUT2D eigenvalue weighted by atomic mass is 9.91. The molecule has 0 radical (unpaired) electrons. The van der Waals surface area contributed by atoms with Gasteiger partial charge in [-0.1, -0.05) is 56.5 Å². The molecule has 2 atom stereocenters. The Hall–Kier alpha value is -0.820. The van der Waals surface area contributed by atoms with E-state index in [9.17, 15) is 0 Å². The van der Waals surface area contributed by atoms with Gasteiger partial charge in [0.2, 0.25) is 0 Å². The second-order valence-corrected chi connectivity index (χ2v) is 4.90. The summed E-state index contributed by atoms with van der Waals surface area (Å²) >= 11 is 0. The van der Waals surface area contributed by atoms with Crippen molar-refractivity contribution in [2.24, 2.45) is 0 Å². The molecule has 0 saturated carbocycles. The van der Waals surface area contributed by atoms with E-state index in [1.807, 2.05) is 0 Å². The van der Waals surface area contributed by atoms with Crippen LogP contribution in [0.2, 0.25) is 0 Å². The van der Waals surface area contributed by atoms with E-state index in [1.165, 1.54) is 44.1 Å². The molecule has 0 aromatic heterocycles. The van der Waals surface area contributed by atoms with Gasteiger partial charge in [-0.05, 0) is 24.8 Å². The highest BCUT2D eigenvalue weighted by Gasteiger charge is 2.21. The van der Waals surface area contributed by atoms with Crippen LogP contribution in [0.25, 0.3) is 0 Å². The van der Waals surface area contributed by atoms with E-state index in [1.54, 1.807) is 0 Å². The second kappa shape index (κ2) is 6.05. The lowest BCUT2D eigenvalue weighted by Crippen LogP contribution is -2.36. The average Bonchev–Trinajstić information content (AvgIpc) is 2.38. The van der Waals surface area contributed by atoms with Crippen LogP contribution in [0.4, 0.5) is 0 Å². The molecule has 1 heterocycles. The van der Waals surface area contributed by atoms with Gasteiger partial charge in [-0.3, -0.25) is 0 Å². The Morgan fingerprint density at radius 2 is 2.00 bits per heavy atom. The summed E-state index contributed by atoms with van der Waals surface area (Å²) in [7, 11) is 0. The van der Waals surface area contributed by atoms with E-state index >= 15 is 0 Å². The summed E-state index contributed by atoms with van der Waals surface area (Å²) < 4.78 is 0. The molecule has 1 aliphatic rings. The summed E-state index contributed by atoms with van der Waals surface area (Å²) in [4.78, 5) is 0. The molecule has 2 rings (SSSR count). The summed E-state index contributed by atoms with van der Waals surface area (Å²) in [6.07, 6.45) is 8.06. The number of hydrogen-bond acceptors (Lipinski definition) is 1. The van der Waals surface area contributed by atoms with Crippen LogP contribution in [0.1, 0.15) is 57.1 Å². The standard InChI is InChI=1S/C15H23N/c1-2-3-10-14-11-7-12-15(16-14)13-8-5-4-6-9-13/h4-6,8-9,14-16H,2-3,7,10-12H2,1H3/t14-,15-/m0/s1. The Kier molecular flexibility index (Phi) is 4.41. The van der Waals surface area contributed by atoms with Gasteiger partial charge in [-0.15, -0.1) is 0 Å². The summed E-state index contributed by atoms with van der Waals surface area (Å²) in [6.45, 7) is 2.28. The van der Waals surface area contributed by atoms with Crippen LogP contribution in [0.15, 0.2) is 30.3 Å².